The molecular formula is C10H14Cl2N2O. The molecule has 2 N–H and O–H groups in total. The van der Waals surface area contributed by atoms with Crippen LogP contribution in [0.15, 0.2) is 24.3 Å². The number of carbonyl (C=O) groups excluding carboxylic acids is 1. The molecule has 0 spiro atoms. The van der Waals surface area contributed by atoms with E-state index in [-0.39, 0.29) is 18.3 Å². The van der Waals surface area contributed by atoms with Crippen molar-refractivity contribution in [2.24, 2.45) is 0 Å². The average molecular weight is 249 g/mol. The maximum absolute atomic E-state index is 11.1. The molecule has 1 rings (SSSR count). The highest BCUT2D eigenvalue weighted by Gasteiger charge is 1.98. The maximum atomic E-state index is 11.1. The average Bonchev–Trinajstić information content (AvgIpc) is 2.15. The molecule has 5 heteroatoms. The standard InChI is InChI=1S/C10H13ClN2O.ClH/c1-12-7-10(14)13-6-8-3-2-4-9(11)5-8;/h2-5,12H,6-7H2,1H3,(H,13,14);1H. The first kappa shape index (κ1) is 14.2. The summed E-state index contributed by atoms with van der Waals surface area (Å²) in [5.41, 5.74) is 1.00. The number of nitrogens with one attached hydrogen (secondary N) is 2. The van der Waals surface area contributed by atoms with E-state index in [4.69, 9.17) is 11.6 Å². The van der Waals surface area contributed by atoms with Gasteiger partial charge in [0.1, 0.15) is 0 Å². The van der Waals surface area contributed by atoms with Crippen molar-refractivity contribution >= 4 is 29.9 Å². The van der Waals surface area contributed by atoms with E-state index in [0.717, 1.165) is 5.56 Å². The highest BCUT2D eigenvalue weighted by molar-refractivity contribution is 6.30. The molecule has 1 amide bonds. The molecular weight excluding hydrogens is 235 g/mol. The van der Waals surface area contributed by atoms with E-state index in [0.29, 0.717) is 18.1 Å². The SMILES string of the molecule is CNCC(=O)NCc1cccc(Cl)c1.Cl. The quantitative estimate of drug-likeness (QED) is 0.850. The number of rotatable bonds is 4. The minimum absolute atomic E-state index is 0. The molecule has 0 atom stereocenters. The summed E-state index contributed by atoms with van der Waals surface area (Å²) < 4.78 is 0. The number of halogens is 2. The fraction of sp³-hybridized carbons (Fsp3) is 0.300. The summed E-state index contributed by atoms with van der Waals surface area (Å²) >= 11 is 5.80. The van der Waals surface area contributed by atoms with Gasteiger partial charge in [0.25, 0.3) is 0 Å². The number of hydrogen-bond donors (Lipinski definition) is 2. The van der Waals surface area contributed by atoms with Gasteiger partial charge in [-0.15, -0.1) is 12.4 Å². The van der Waals surface area contributed by atoms with Gasteiger partial charge >= 0.3 is 0 Å². The van der Waals surface area contributed by atoms with Gasteiger partial charge < -0.3 is 10.6 Å². The molecule has 0 heterocycles. The molecule has 84 valence electrons. The van der Waals surface area contributed by atoms with Crippen molar-refractivity contribution in [3.8, 4) is 0 Å². The number of likely N-dealkylation sites (N-methyl/N-ethyl adjacent to an activating group) is 1. The highest BCUT2D eigenvalue weighted by Crippen LogP contribution is 2.09. The second-order valence-corrected chi connectivity index (χ2v) is 3.37. The molecule has 1 aromatic carbocycles. The summed E-state index contributed by atoms with van der Waals surface area (Å²) in [5.74, 6) is -0.0209. The Morgan fingerprint density at radius 3 is 2.80 bits per heavy atom. The smallest absolute Gasteiger partial charge is 0.234 e. The van der Waals surface area contributed by atoms with Crippen molar-refractivity contribution in [1.29, 1.82) is 0 Å². The van der Waals surface area contributed by atoms with E-state index in [9.17, 15) is 4.79 Å². The Morgan fingerprint density at radius 2 is 2.20 bits per heavy atom. The summed E-state index contributed by atoms with van der Waals surface area (Å²) in [6.45, 7) is 0.849. The van der Waals surface area contributed by atoms with E-state index in [2.05, 4.69) is 10.6 Å². The van der Waals surface area contributed by atoms with Crippen LogP contribution in [0.4, 0.5) is 0 Å². The number of benzene rings is 1. The zero-order valence-electron chi connectivity index (χ0n) is 8.42. The van der Waals surface area contributed by atoms with E-state index >= 15 is 0 Å². The normalized spacial score (nSPS) is 9.20. The number of amides is 1. The fourth-order valence-electron chi connectivity index (χ4n) is 1.07. The van der Waals surface area contributed by atoms with Gasteiger partial charge in [-0.1, -0.05) is 23.7 Å². The Balaban J connectivity index is 0.00000196. The first-order valence-electron chi connectivity index (χ1n) is 4.38. The summed E-state index contributed by atoms with van der Waals surface area (Å²) in [7, 11) is 1.74. The van der Waals surface area contributed by atoms with Gasteiger partial charge in [-0.2, -0.15) is 0 Å². The Kier molecular flexibility index (Phi) is 7.13. The van der Waals surface area contributed by atoms with Crippen LogP contribution in [0.25, 0.3) is 0 Å². The van der Waals surface area contributed by atoms with Crippen LogP contribution >= 0.6 is 24.0 Å². The van der Waals surface area contributed by atoms with Crippen LogP contribution in [-0.4, -0.2) is 19.5 Å². The predicted molar refractivity (Wildman–Crippen MR) is 64.5 cm³/mol. The van der Waals surface area contributed by atoms with E-state index < -0.39 is 0 Å². The molecule has 0 aliphatic heterocycles. The van der Waals surface area contributed by atoms with Gasteiger partial charge in [-0.25, -0.2) is 0 Å². The van der Waals surface area contributed by atoms with Crippen molar-refractivity contribution < 1.29 is 4.79 Å². The lowest BCUT2D eigenvalue weighted by atomic mass is 10.2. The summed E-state index contributed by atoms with van der Waals surface area (Å²) in [5, 5.41) is 6.23. The van der Waals surface area contributed by atoms with Crippen LogP contribution < -0.4 is 10.6 Å². The Hall–Kier alpha value is -0.770. The van der Waals surface area contributed by atoms with Crippen LogP contribution in [0.2, 0.25) is 5.02 Å². The zero-order valence-corrected chi connectivity index (χ0v) is 9.99. The first-order chi connectivity index (χ1) is 6.72. The lowest BCUT2D eigenvalue weighted by Gasteiger charge is -2.04. The third-order valence-electron chi connectivity index (χ3n) is 1.72. The summed E-state index contributed by atoms with van der Waals surface area (Å²) in [6, 6.07) is 7.43. The number of carbonyl (C=O) groups is 1. The fourth-order valence-corrected chi connectivity index (χ4v) is 1.28. The third-order valence-corrected chi connectivity index (χ3v) is 1.95. The molecule has 3 nitrogen and oxygen atoms in total. The van der Waals surface area contributed by atoms with Gasteiger partial charge in [-0.3, -0.25) is 4.79 Å². The largest absolute Gasteiger partial charge is 0.351 e. The molecule has 0 bridgehead atoms. The van der Waals surface area contributed by atoms with Crippen molar-refractivity contribution in [2.75, 3.05) is 13.6 Å². The minimum Gasteiger partial charge on any atom is -0.351 e. The third kappa shape index (κ3) is 5.62. The van der Waals surface area contributed by atoms with Crippen LogP contribution in [-0.2, 0) is 11.3 Å². The molecule has 0 aliphatic rings. The maximum Gasteiger partial charge on any atom is 0.234 e. The monoisotopic (exact) mass is 248 g/mol. The topological polar surface area (TPSA) is 41.1 Å². The van der Waals surface area contributed by atoms with Crippen molar-refractivity contribution in [2.45, 2.75) is 6.54 Å². The second-order valence-electron chi connectivity index (χ2n) is 2.94. The lowest BCUT2D eigenvalue weighted by Crippen LogP contribution is -2.31. The zero-order chi connectivity index (χ0) is 10.4. The Labute approximate surface area is 101 Å². The second kappa shape index (κ2) is 7.51. The molecule has 0 saturated heterocycles. The molecule has 0 aromatic heterocycles. The van der Waals surface area contributed by atoms with Gasteiger partial charge in [0.05, 0.1) is 6.54 Å². The van der Waals surface area contributed by atoms with Crippen LogP contribution in [0.1, 0.15) is 5.56 Å². The van der Waals surface area contributed by atoms with Crippen LogP contribution in [0.3, 0.4) is 0 Å². The minimum atomic E-state index is -0.0209. The predicted octanol–water partition coefficient (Wildman–Crippen LogP) is 1.60. The van der Waals surface area contributed by atoms with Crippen molar-refractivity contribution in [1.82, 2.24) is 10.6 Å². The van der Waals surface area contributed by atoms with E-state index in [1.165, 1.54) is 0 Å². The summed E-state index contributed by atoms with van der Waals surface area (Å²) in [4.78, 5) is 11.1. The van der Waals surface area contributed by atoms with Gasteiger partial charge in [-0.05, 0) is 24.7 Å². The van der Waals surface area contributed by atoms with Crippen molar-refractivity contribution in [3.05, 3.63) is 34.9 Å². The van der Waals surface area contributed by atoms with Crippen LogP contribution in [0.5, 0.6) is 0 Å². The molecule has 0 fully saturated rings. The Bertz CT molecular complexity index is 318. The first-order valence-corrected chi connectivity index (χ1v) is 4.76. The molecule has 1 aromatic rings. The molecule has 0 saturated carbocycles. The molecule has 15 heavy (non-hydrogen) atoms. The van der Waals surface area contributed by atoms with Gasteiger partial charge in [0, 0.05) is 11.6 Å². The summed E-state index contributed by atoms with van der Waals surface area (Å²) in [6.07, 6.45) is 0. The van der Waals surface area contributed by atoms with Gasteiger partial charge in [0.15, 0.2) is 0 Å². The molecule has 0 unspecified atom stereocenters. The van der Waals surface area contributed by atoms with E-state index in [1.807, 2.05) is 18.2 Å². The number of hydrogen-bond acceptors (Lipinski definition) is 2. The van der Waals surface area contributed by atoms with Gasteiger partial charge in [0.2, 0.25) is 5.91 Å². The van der Waals surface area contributed by atoms with E-state index in [1.54, 1.807) is 13.1 Å². The molecule has 0 radical (unpaired) electrons. The van der Waals surface area contributed by atoms with Crippen molar-refractivity contribution in [3.63, 3.8) is 0 Å². The molecule has 0 aliphatic carbocycles. The highest BCUT2D eigenvalue weighted by atomic mass is 35.5. The lowest BCUT2D eigenvalue weighted by molar-refractivity contribution is -0.120. The van der Waals surface area contributed by atoms with Crippen LogP contribution in [0, 0.1) is 0 Å². The Morgan fingerprint density at radius 1 is 1.47 bits per heavy atom.